The van der Waals surface area contributed by atoms with E-state index in [0.717, 1.165) is 47.4 Å². The van der Waals surface area contributed by atoms with Crippen LogP contribution in [0.4, 0.5) is 0 Å². The van der Waals surface area contributed by atoms with Gasteiger partial charge in [-0.2, -0.15) is 0 Å². The molecule has 2 saturated heterocycles. The molecule has 0 radical (unpaired) electrons. The zero-order valence-corrected chi connectivity index (χ0v) is 13.9. The van der Waals surface area contributed by atoms with Crippen LogP contribution < -0.4 is 5.32 Å². The van der Waals surface area contributed by atoms with Crippen LogP contribution in [0.15, 0.2) is 40.8 Å². The summed E-state index contributed by atoms with van der Waals surface area (Å²) in [7, 11) is 2.04. The topological polar surface area (TPSA) is 46.2 Å². The molecular weight excluding hydrogens is 300 g/mol. The molecule has 0 unspecified atom stereocenters. The molecule has 5 rings (SSSR count). The zero-order valence-electron chi connectivity index (χ0n) is 13.9. The smallest absolute Gasteiger partial charge is 0.176 e. The van der Waals surface area contributed by atoms with E-state index in [0.29, 0.717) is 6.04 Å². The van der Waals surface area contributed by atoms with E-state index in [1.807, 2.05) is 25.2 Å². The van der Waals surface area contributed by atoms with E-state index < -0.39 is 0 Å². The predicted molar refractivity (Wildman–Crippen MR) is 93.6 cm³/mol. The average Bonchev–Trinajstić information content (AvgIpc) is 3.34. The number of likely N-dealkylation sites (tertiary alicyclic amines) is 1. The minimum Gasteiger partial charge on any atom is -0.456 e. The van der Waals surface area contributed by atoms with Crippen molar-refractivity contribution in [3.8, 4) is 11.6 Å². The third-order valence-corrected chi connectivity index (χ3v) is 5.59. The molecule has 2 atom stereocenters. The molecule has 0 saturated carbocycles. The fourth-order valence-corrected chi connectivity index (χ4v) is 4.28. The second-order valence-corrected chi connectivity index (χ2v) is 6.99. The maximum Gasteiger partial charge on any atom is 0.176 e. The third kappa shape index (κ3) is 2.19. The second-order valence-electron chi connectivity index (χ2n) is 6.99. The van der Waals surface area contributed by atoms with Crippen LogP contribution in [0.3, 0.4) is 0 Å². The number of hydrogen-bond acceptors (Lipinski definition) is 4. The summed E-state index contributed by atoms with van der Waals surface area (Å²) in [5, 5.41) is 3.51. The van der Waals surface area contributed by atoms with Crippen LogP contribution in [0.25, 0.3) is 22.6 Å². The standard InChI is InChI=1S/C19H22N4O/c1-22-16-5-3-2-4-15(16)21-19(22)18-7-6-14(24-18)12-23-9-8-13-10-20-11-17(13)23/h2-7,13,17,20H,8-12H2,1H3/t13-,17+/m1/s1. The second kappa shape index (κ2) is 5.46. The maximum atomic E-state index is 6.15. The van der Waals surface area contributed by atoms with E-state index in [1.54, 1.807) is 0 Å². The molecule has 124 valence electrons. The van der Waals surface area contributed by atoms with E-state index in [2.05, 4.69) is 33.0 Å². The highest BCUT2D eigenvalue weighted by molar-refractivity contribution is 5.79. The molecule has 2 aliphatic heterocycles. The number of rotatable bonds is 3. The predicted octanol–water partition coefficient (Wildman–Crippen LogP) is 2.63. The molecule has 4 heterocycles. The molecule has 0 spiro atoms. The SMILES string of the molecule is Cn1c(-c2ccc(CN3CC[C@@H]4CNC[C@@H]43)o2)nc2ccccc21. The van der Waals surface area contributed by atoms with Crippen molar-refractivity contribution >= 4 is 11.0 Å². The molecule has 1 N–H and O–H groups in total. The molecule has 24 heavy (non-hydrogen) atoms. The Labute approximate surface area is 141 Å². The molecule has 5 heteroatoms. The molecule has 0 aliphatic carbocycles. The Morgan fingerprint density at radius 3 is 3.04 bits per heavy atom. The molecular formula is C19H22N4O. The van der Waals surface area contributed by atoms with Gasteiger partial charge in [0.15, 0.2) is 11.6 Å². The van der Waals surface area contributed by atoms with Crippen LogP contribution in [0.1, 0.15) is 12.2 Å². The zero-order chi connectivity index (χ0) is 16.1. The lowest BCUT2D eigenvalue weighted by Gasteiger charge is -2.21. The largest absolute Gasteiger partial charge is 0.456 e. The van der Waals surface area contributed by atoms with Crippen LogP contribution in [-0.4, -0.2) is 40.1 Å². The minimum absolute atomic E-state index is 0.675. The summed E-state index contributed by atoms with van der Waals surface area (Å²) >= 11 is 0. The maximum absolute atomic E-state index is 6.15. The number of nitrogens with one attached hydrogen (secondary N) is 1. The lowest BCUT2D eigenvalue weighted by Crippen LogP contribution is -2.33. The lowest BCUT2D eigenvalue weighted by atomic mass is 10.1. The van der Waals surface area contributed by atoms with Crippen molar-refractivity contribution < 1.29 is 4.42 Å². The van der Waals surface area contributed by atoms with Crippen LogP contribution in [-0.2, 0) is 13.6 Å². The summed E-state index contributed by atoms with van der Waals surface area (Å²) in [4.78, 5) is 7.28. The summed E-state index contributed by atoms with van der Waals surface area (Å²) in [6, 6.07) is 13.0. The highest BCUT2D eigenvalue weighted by Gasteiger charge is 2.37. The number of aromatic nitrogens is 2. The van der Waals surface area contributed by atoms with Gasteiger partial charge >= 0.3 is 0 Å². The number of furan rings is 1. The molecule has 5 nitrogen and oxygen atoms in total. The normalized spacial score (nSPS) is 24.0. The number of fused-ring (bicyclic) bond motifs is 2. The summed E-state index contributed by atoms with van der Waals surface area (Å²) in [5.74, 6) is 3.59. The number of aryl methyl sites for hydroxylation is 1. The van der Waals surface area contributed by atoms with Gasteiger partial charge < -0.3 is 14.3 Å². The van der Waals surface area contributed by atoms with Gasteiger partial charge in [0, 0.05) is 19.6 Å². The van der Waals surface area contributed by atoms with E-state index in [1.165, 1.54) is 19.5 Å². The monoisotopic (exact) mass is 322 g/mol. The van der Waals surface area contributed by atoms with Gasteiger partial charge in [-0.1, -0.05) is 12.1 Å². The number of benzene rings is 1. The highest BCUT2D eigenvalue weighted by atomic mass is 16.3. The molecule has 0 bridgehead atoms. The highest BCUT2D eigenvalue weighted by Crippen LogP contribution is 2.30. The van der Waals surface area contributed by atoms with Gasteiger partial charge in [-0.25, -0.2) is 4.98 Å². The fraction of sp³-hybridized carbons (Fsp3) is 0.421. The number of para-hydroxylation sites is 2. The Morgan fingerprint density at radius 2 is 2.12 bits per heavy atom. The Morgan fingerprint density at radius 1 is 1.21 bits per heavy atom. The first-order chi connectivity index (χ1) is 11.8. The van der Waals surface area contributed by atoms with Crippen molar-refractivity contribution in [3.05, 3.63) is 42.2 Å². The van der Waals surface area contributed by atoms with Gasteiger partial charge in [0.1, 0.15) is 5.76 Å². The summed E-state index contributed by atoms with van der Waals surface area (Å²) < 4.78 is 8.25. The van der Waals surface area contributed by atoms with Crippen LogP contribution in [0.2, 0.25) is 0 Å². The van der Waals surface area contributed by atoms with Crippen molar-refractivity contribution in [2.45, 2.75) is 19.0 Å². The molecule has 0 amide bonds. The molecule has 2 fully saturated rings. The number of hydrogen-bond donors (Lipinski definition) is 1. The summed E-state index contributed by atoms with van der Waals surface area (Å²) in [6.07, 6.45) is 1.30. The molecule has 1 aromatic carbocycles. The summed E-state index contributed by atoms with van der Waals surface area (Å²) in [5.41, 5.74) is 2.14. The first-order valence-electron chi connectivity index (χ1n) is 8.75. The quantitative estimate of drug-likeness (QED) is 0.805. The van der Waals surface area contributed by atoms with Gasteiger partial charge in [0.2, 0.25) is 0 Å². The van der Waals surface area contributed by atoms with Gasteiger partial charge in [0.25, 0.3) is 0 Å². The molecule has 2 aromatic heterocycles. The first-order valence-corrected chi connectivity index (χ1v) is 8.75. The van der Waals surface area contributed by atoms with Crippen molar-refractivity contribution in [2.24, 2.45) is 13.0 Å². The number of nitrogens with zero attached hydrogens (tertiary/aromatic N) is 3. The van der Waals surface area contributed by atoms with Gasteiger partial charge in [-0.15, -0.1) is 0 Å². The average molecular weight is 322 g/mol. The van der Waals surface area contributed by atoms with Crippen LogP contribution in [0.5, 0.6) is 0 Å². The Balaban J connectivity index is 1.41. The number of imidazole rings is 1. The first kappa shape index (κ1) is 14.3. The Kier molecular flexibility index (Phi) is 3.24. The Bertz CT molecular complexity index is 881. The fourth-order valence-electron chi connectivity index (χ4n) is 4.28. The van der Waals surface area contributed by atoms with Gasteiger partial charge in [-0.05, 0) is 49.7 Å². The molecule has 3 aromatic rings. The van der Waals surface area contributed by atoms with E-state index in [4.69, 9.17) is 9.40 Å². The van der Waals surface area contributed by atoms with E-state index in [-0.39, 0.29) is 0 Å². The minimum atomic E-state index is 0.675. The molecule has 2 aliphatic rings. The van der Waals surface area contributed by atoms with Crippen LogP contribution >= 0.6 is 0 Å². The van der Waals surface area contributed by atoms with Crippen molar-refractivity contribution in [1.29, 1.82) is 0 Å². The summed E-state index contributed by atoms with van der Waals surface area (Å²) in [6.45, 7) is 4.36. The van der Waals surface area contributed by atoms with E-state index >= 15 is 0 Å². The lowest BCUT2D eigenvalue weighted by molar-refractivity contribution is 0.225. The van der Waals surface area contributed by atoms with Gasteiger partial charge in [-0.3, -0.25) is 4.90 Å². The van der Waals surface area contributed by atoms with Crippen molar-refractivity contribution in [3.63, 3.8) is 0 Å². The van der Waals surface area contributed by atoms with Crippen molar-refractivity contribution in [2.75, 3.05) is 19.6 Å². The Hall–Kier alpha value is -2.11. The van der Waals surface area contributed by atoms with Crippen molar-refractivity contribution in [1.82, 2.24) is 19.8 Å². The van der Waals surface area contributed by atoms with Crippen LogP contribution in [0, 0.1) is 5.92 Å². The van der Waals surface area contributed by atoms with Gasteiger partial charge in [0.05, 0.1) is 17.6 Å². The third-order valence-electron chi connectivity index (χ3n) is 5.59. The van der Waals surface area contributed by atoms with E-state index in [9.17, 15) is 0 Å².